The lowest BCUT2D eigenvalue weighted by molar-refractivity contribution is 1.40. The van der Waals surface area contributed by atoms with E-state index >= 15 is 0 Å². The van der Waals surface area contributed by atoms with E-state index in [0.717, 1.165) is 25.1 Å². The van der Waals surface area contributed by atoms with Crippen LogP contribution in [0.3, 0.4) is 0 Å². The third-order valence-corrected chi connectivity index (χ3v) is 4.70. The zero-order valence-corrected chi connectivity index (χ0v) is 10.4. The summed E-state index contributed by atoms with van der Waals surface area (Å²) in [6.07, 6.45) is 0. The molecule has 0 spiro atoms. The summed E-state index contributed by atoms with van der Waals surface area (Å²) < 4.78 is 2.03. The highest BCUT2D eigenvalue weighted by molar-refractivity contribution is 9.10. The maximum absolute atomic E-state index is 6.16. The van der Waals surface area contributed by atoms with Crippen molar-refractivity contribution in [2.45, 2.75) is 5.88 Å². The fourth-order valence-corrected chi connectivity index (χ4v) is 3.34. The number of alkyl halides is 1. The molecule has 0 atom stereocenters. The Morgan fingerprint density at radius 1 is 1.46 bits per heavy atom. The van der Waals surface area contributed by atoms with Gasteiger partial charge in [0.2, 0.25) is 0 Å². The summed E-state index contributed by atoms with van der Waals surface area (Å²) in [7, 11) is 0. The predicted molar refractivity (Wildman–Crippen MR) is 64.1 cm³/mol. The van der Waals surface area contributed by atoms with Gasteiger partial charge in [-0.05, 0) is 44.4 Å². The molecule has 0 amide bonds. The molecular weight excluding hydrogens is 291 g/mol. The SMILES string of the molecule is ClCc1cc2ccsc2c(Cl)c1Br. The molecule has 68 valence electrons. The van der Waals surface area contributed by atoms with E-state index in [-0.39, 0.29) is 0 Å². The molecule has 0 radical (unpaired) electrons. The molecule has 0 N–H and O–H groups in total. The molecule has 0 aliphatic carbocycles. The van der Waals surface area contributed by atoms with Gasteiger partial charge in [-0.15, -0.1) is 22.9 Å². The molecule has 0 aliphatic heterocycles. The molecule has 1 aromatic carbocycles. The minimum atomic E-state index is 0.478. The Balaban J connectivity index is 2.83. The summed E-state index contributed by atoms with van der Waals surface area (Å²) in [5.41, 5.74) is 1.04. The van der Waals surface area contributed by atoms with Crippen LogP contribution in [0.1, 0.15) is 5.56 Å². The van der Waals surface area contributed by atoms with Gasteiger partial charge in [0.1, 0.15) is 0 Å². The average molecular weight is 296 g/mol. The van der Waals surface area contributed by atoms with Crippen molar-refractivity contribution >= 4 is 60.6 Å². The minimum Gasteiger partial charge on any atom is -0.142 e. The topological polar surface area (TPSA) is 0 Å². The molecular formula is C9H5BrCl2S. The monoisotopic (exact) mass is 294 g/mol. The lowest BCUT2D eigenvalue weighted by Gasteiger charge is -2.03. The molecule has 13 heavy (non-hydrogen) atoms. The molecule has 0 aliphatic rings. The van der Waals surface area contributed by atoms with Gasteiger partial charge < -0.3 is 0 Å². The number of benzene rings is 1. The third-order valence-electron chi connectivity index (χ3n) is 1.84. The van der Waals surface area contributed by atoms with Crippen LogP contribution in [-0.2, 0) is 5.88 Å². The van der Waals surface area contributed by atoms with Gasteiger partial charge in [-0.1, -0.05) is 11.6 Å². The molecule has 0 fully saturated rings. The van der Waals surface area contributed by atoms with Crippen molar-refractivity contribution in [3.05, 3.63) is 32.6 Å². The van der Waals surface area contributed by atoms with E-state index in [1.54, 1.807) is 11.3 Å². The van der Waals surface area contributed by atoms with Crippen molar-refractivity contribution < 1.29 is 0 Å². The summed E-state index contributed by atoms with van der Waals surface area (Å²) in [4.78, 5) is 0. The Morgan fingerprint density at radius 3 is 2.92 bits per heavy atom. The smallest absolute Gasteiger partial charge is 0.0729 e. The van der Waals surface area contributed by atoms with Crippen LogP contribution < -0.4 is 0 Å². The second-order valence-electron chi connectivity index (χ2n) is 2.64. The lowest BCUT2D eigenvalue weighted by Crippen LogP contribution is -1.81. The molecule has 0 unspecified atom stereocenters. The summed E-state index contributed by atoms with van der Waals surface area (Å²) >= 11 is 17.0. The van der Waals surface area contributed by atoms with Crippen molar-refractivity contribution in [3.8, 4) is 0 Å². The highest BCUT2D eigenvalue weighted by atomic mass is 79.9. The number of hydrogen-bond donors (Lipinski definition) is 0. The summed E-state index contributed by atoms with van der Waals surface area (Å²) in [5, 5.41) is 3.96. The van der Waals surface area contributed by atoms with Crippen molar-refractivity contribution in [3.63, 3.8) is 0 Å². The van der Waals surface area contributed by atoms with E-state index < -0.39 is 0 Å². The Bertz CT molecular complexity index is 450. The standard InChI is InChI=1S/C9H5BrCl2S/c10-7-6(4-11)3-5-1-2-13-9(5)8(7)12/h1-3H,4H2. The van der Waals surface area contributed by atoms with Crippen LogP contribution in [0, 0.1) is 0 Å². The molecule has 0 nitrogen and oxygen atoms in total. The molecule has 1 heterocycles. The second-order valence-corrected chi connectivity index (χ2v) is 4.99. The average Bonchev–Trinajstić information content (AvgIpc) is 2.59. The highest BCUT2D eigenvalue weighted by Crippen LogP contribution is 2.37. The Kier molecular flexibility index (Phi) is 2.84. The fraction of sp³-hybridized carbons (Fsp3) is 0.111. The number of hydrogen-bond acceptors (Lipinski definition) is 1. The third kappa shape index (κ3) is 1.61. The summed E-state index contributed by atoms with van der Waals surface area (Å²) in [5.74, 6) is 0.478. The maximum atomic E-state index is 6.16. The number of rotatable bonds is 1. The first kappa shape index (κ1) is 9.78. The van der Waals surface area contributed by atoms with Gasteiger partial charge in [0.05, 0.1) is 9.72 Å². The molecule has 0 saturated heterocycles. The van der Waals surface area contributed by atoms with Crippen LogP contribution >= 0.6 is 50.5 Å². The van der Waals surface area contributed by atoms with Gasteiger partial charge in [0.15, 0.2) is 0 Å². The van der Waals surface area contributed by atoms with E-state index in [2.05, 4.69) is 22.0 Å². The second kappa shape index (κ2) is 3.77. The minimum absolute atomic E-state index is 0.478. The van der Waals surface area contributed by atoms with Crippen LogP contribution in [0.15, 0.2) is 22.0 Å². The van der Waals surface area contributed by atoms with Crippen molar-refractivity contribution in [1.29, 1.82) is 0 Å². The van der Waals surface area contributed by atoms with Gasteiger partial charge >= 0.3 is 0 Å². The van der Waals surface area contributed by atoms with Gasteiger partial charge in [-0.3, -0.25) is 0 Å². The number of halogens is 3. The molecule has 0 bridgehead atoms. The van der Waals surface area contributed by atoms with Crippen LogP contribution in [-0.4, -0.2) is 0 Å². The van der Waals surface area contributed by atoms with Gasteiger partial charge in [-0.2, -0.15) is 0 Å². The highest BCUT2D eigenvalue weighted by Gasteiger charge is 2.09. The molecule has 2 rings (SSSR count). The number of fused-ring (bicyclic) bond motifs is 1. The lowest BCUT2D eigenvalue weighted by atomic mass is 10.2. The Labute approximate surface area is 98.6 Å². The molecule has 1 aromatic heterocycles. The first-order valence-corrected chi connectivity index (χ1v) is 6.22. The fourth-order valence-electron chi connectivity index (χ4n) is 1.20. The quantitative estimate of drug-likeness (QED) is 0.645. The molecule has 0 saturated carbocycles. The van der Waals surface area contributed by atoms with Gasteiger partial charge in [0, 0.05) is 10.4 Å². The van der Waals surface area contributed by atoms with E-state index in [0.29, 0.717) is 5.88 Å². The van der Waals surface area contributed by atoms with Gasteiger partial charge in [0.25, 0.3) is 0 Å². The largest absolute Gasteiger partial charge is 0.142 e. The van der Waals surface area contributed by atoms with E-state index in [9.17, 15) is 0 Å². The zero-order chi connectivity index (χ0) is 9.42. The molecule has 2 aromatic rings. The van der Waals surface area contributed by atoms with Crippen molar-refractivity contribution in [2.24, 2.45) is 0 Å². The maximum Gasteiger partial charge on any atom is 0.0729 e. The van der Waals surface area contributed by atoms with Crippen LogP contribution in [0.5, 0.6) is 0 Å². The zero-order valence-electron chi connectivity index (χ0n) is 6.48. The first-order valence-electron chi connectivity index (χ1n) is 3.64. The van der Waals surface area contributed by atoms with Crippen LogP contribution in [0.25, 0.3) is 10.1 Å². The first-order chi connectivity index (χ1) is 6.24. The number of thiophene rings is 1. The van der Waals surface area contributed by atoms with E-state index in [1.807, 2.05) is 11.4 Å². The van der Waals surface area contributed by atoms with Crippen molar-refractivity contribution in [2.75, 3.05) is 0 Å². The van der Waals surface area contributed by atoms with Crippen LogP contribution in [0.4, 0.5) is 0 Å². The summed E-state index contributed by atoms with van der Waals surface area (Å²) in [6, 6.07) is 4.11. The van der Waals surface area contributed by atoms with Gasteiger partial charge in [-0.25, -0.2) is 0 Å². The van der Waals surface area contributed by atoms with Crippen molar-refractivity contribution in [1.82, 2.24) is 0 Å². The predicted octanol–water partition coefficient (Wildman–Crippen LogP) is 5.06. The van der Waals surface area contributed by atoms with E-state index in [4.69, 9.17) is 23.2 Å². The molecule has 4 heteroatoms. The Morgan fingerprint density at radius 2 is 2.23 bits per heavy atom. The normalized spacial score (nSPS) is 11.0. The Hall–Kier alpha value is 0.240. The van der Waals surface area contributed by atoms with E-state index in [1.165, 1.54) is 0 Å². The summed E-state index contributed by atoms with van der Waals surface area (Å²) in [6.45, 7) is 0. The van der Waals surface area contributed by atoms with Crippen LogP contribution in [0.2, 0.25) is 5.02 Å².